The summed E-state index contributed by atoms with van der Waals surface area (Å²) in [5, 5.41) is 2.51. The molecule has 0 spiro atoms. The van der Waals surface area contributed by atoms with Crippen LogP contribution in [0.5, 0.6) is 0 Å². The molecule has 1 aliphatic heterocycles. The van der Waals surface area contributed by atoms with E-state index in [-0.39, 0.29) is 16.8 Å². The summed E-state index contributed by atoms with van der Waals surface area (Å²) in [6.45, 7) is 2.00. The zero-order valence-electron chi connectivity index (χ0n) is 8.11. The quantitative estimate of drug-likeness (QED) is 0.578. The molecule has 0 bridgehead atoms. The van der Waals surface area contributed by atoms with E-state index in [2.05, 4.69) is 5.32 Å². The molecule has 15 heavy (non-hydrogen) atoms. The first kappa shape index (κ1) is 9.86. The highest BCUT2D eigenvalue weighted by molar-refractivity contribution is 7.80. The SMILES string of the molecule is Cc1ccc(/C=C2/OC(=S)NC2=O)cc1. The van der Waals surface area contributed by atoms with Gasteiger partial charge in [0.15, 0.2) is 5.76 Å². The molecule has 1 aromatic rings. The van der Waals surface area contributed by atoms with E-state index in [1.54, 1.807) is 6.08 Å². The average molecular weight is 219 g/mol. The molecule has 1 fully saturated rings. The Labute approximate surface area is 92.7 Å². The summed E-state index contributed by atoms with van der Waals surface area (Å²) >= 11 is 4.72. The van der Waals surface area contributed by atoms with Crippen LogP contribution in [0.3, 0.4) is 0 Å². The molecule has 1 heterocycles. The van der Waals surface area contributed by atoms with Crippen molar-refractivity contribution in [3.8, 4) is 0 Å². The van der Waals surface area contributed by atoms with E-state index in [1.807, 2.05) is 31.2 Å². The van der Waals surface area contributed by atoms with E-state index >= 15 is 0 Å². The van der Waals surface area contributed by atoms with Gasteiger partial charge in [0.2, 0.25) is 0 Å². The smallest absolute Gasteiger partial charge is 0.294 e. The largest absolute Gasteiger partial charge is 0.426 e. The zero-order chi connectivity index (χ0) is 10.8. The van der Waals surface area contributed by atoms with Crippen molar-refractivity contribution in [1.29, 1.82) is 0 Å². The molecule has 0 radical (unpaired) electrons. The van der Waals surface area contributed by atoms with E-state index in [0.29, 0.717) is 0 Å². The second-order valence-corrected chi connectivity index (χ2v) is 3.63. The minimum Gasteiger partial charge on any atom is -0.426 e. The van der Waals surface area contributed by atoms with E-state index in [4.69, 9.17) is 17.0 Å². The molecule has 0 unspecified atom stereocenters. The molecular weight excluding hydrogens is 210 g/mol. The first-order chi connectivity index (χ1) is 7.15. The molecule has 1 aromatic carbocycles. The van der Waals surface area contributed by atoms with Crippen molar-refractivity contribution in [2.45, 2.75) is 6.92 Å². The molecule has 2 rings (SSSR count). The third kappa shape index (κ3) is 2.22. The summed E-state index contributed by atoms with van der Waals surface area (Å²) < 4.78 is 5.04. The third-order valence-corrected chi connectivity index (χ3v) is 2.20. The van der Waals surface area contributed by atoms with Crippen LogP contribution >= 0.6 is 12.2 Å². The molecule has 1 aliphatic rings. The van der Waals surface area contributed by atoms with Gasteiger partial charge in [-0.3, -0.25) is 10.1 Å². The van der Waals surface area contributed by atoms with Gasteiger partial charge in [0.05, 0.1) is 0 Å². The molecule has 1 amide bonds. The van der Waals surface area contributed by atoms with Crippen molar-refractivity contribution < 1.29 is 9.53 Å². The van der Waals surface area contributed by atoms with Crippen LogP contribution in [0.2, 0.25) is 0 Å². The summed E-state index contributed by atoms with van der Waals surface area (Å²) in [6.07, 6.45) is 1.66. The fraction of sp³-hybridized carbons (Fsp3) is 0.0909. The highest BCUT2D eigenvalue weighted by atomic mass is 32.1. The van der Waals surface area contributed by atoms with Gasteiger partial charge in [-0.15, -0.1) is 0 Å². The van der Waals surface area contributed by atoms with Gasteiger partial charge in [-0.1, -0.05) is 29.8 Å². The summed E-state index contributed by atoms with van der Waals surface area (Å²) in [5.41, 5.74) is 2.08. The molecule has 0 atom stereocenters. The number of hydrogen-bond donors (Lipinski definition) is 1. The molecular formula is C11H9NO2S. The first-order valence-corrected chi connectivity index (χ1v) is 4.87. The highest BCUT2D eigenvalue weighted by Gasteiger charge is 2.22. The van der Waals surface area contributed by atoms with Crippen LogP contribution < -0.4 is 5.32 Å². The number of aryl methyl sites for hydroxylation is 1. The van der Waals surface area contributed by atoms with Crippen LogP contribution in [0.15, 0.2) is 30.0 Å². The number of benzene rings is 1. The molecule has 76 valence electrons. The van der Waals surface area contributed by atoms with E-state index < -0.39 is 0 Å². The summed E-state index contributed by atoms with van der Waals surface area (Å²) in [6, 6.07) is 7.77. The van der Waals surface area contributed by atoms with Crippen molar-refractivity contribution in [3.05, 3.63) is 41.2 Å². The fourth-order valence-corrected chi connectivity index (χ4v) is 1.42. The molecule has 1 saturated heterocycles. The Morgan fingerprint density at radius 2 is 2.00 bits per heavy atom. The lowest BCUT2D eigenvalue weighted by Gasteiger charge is -1.96. The van der Waals surface area contributed by atoms with Gasteiger partial charge in [0, 0.05) is 0 Å². The normalized spacial score (nSPS) is 17.8. The maximum absolute atomic E-state index is 11.3. The van der Waals surface area contributed by atoms with Gasteiger partial charge in [-0.05, 0) is 30.8 Å². The molecule has 4 heteroatoms. The predicted octanol–water partition coefficient (Wildman–Crippen LogP) is 1.77. The number of amides is 1. The number of carbonyl (C=O) groups is 1. The second-order valence-electron chi connectivity index (χ2n) is 3.26. The van der Waals surface area contributed by atoms with Crippen LogP contribution in [0.4, 0.5) is 0 Å². The number of carbonyl (C=O) groups excluding carboxylic acids is 1. The van der Waals surface area contributed by atoms with Gasteiger partial charge < -0.3 is 4.74 Å². The lowest BCUT2D eigenvalue weighted by atomic mass is 10.1. The number of ether oxygens (including phenoxy) is 1. The van der Waals surface area contributed by atoms with E-state index in [9.17, 15) is 4.79 Å². The topological polar surface area (TPSA) is 38.3 Å². The van der Waals surface area contributed by atoms with Crippen LogP contribution in [0.25, 0.3) is 6.08 Å². The van der Waals surface area contributed by atoms with Gasteiger partial charge in [0.25, 0.3) is 11.1 Å². The molecule has 1 N–H and O–H groups in total. The third-order valence-electron chi connectivity index (χ3n) is 2.02. The first-order valence-electron chi connectivity index (χ1n) is 4.47. The maximum Gasteiger partial charge on any atom is 0.294 e. The Morgan fingerprint density at radius 3 is 2.53 bits per heavy atom. The van der Waals surface area contributed by atoms with Gasteiger partial charge >= 0.3 is 0 Å². The van der Waals surface area contributed by atoms with Crippen LogP contribution in [0.1, 0.15) is 11.1 Å². The number of hydrogen-bond acceptors (Lipinski definition) is 3. The number of thiocarbonyl (C=S) groups is 1. The van der Waals surface area contributed by atoms with Crippen LogP contribution in [-0.2, 0) is 9.53 Å². The highest BCUT2D eigenvalue weighted by Crippen LogP contribution is 2.13. The van der Waals surface area contributed by atoms with Crippen LogP contribution in [-0.4, -0.2) is 11.1 Å². The average Bonchev–Trinajstić information content (AvgIpc) is 2.49. The van der Waals surface area contributed by atoms with Crippen molar-refractivity contribution in [3.63, 3.8) is 0 Å². The summed E-state index contributed by atoms with van der Waals surface area (Å²) in [7, 11) is 0. The second kappa shape index (κ2) is 3.82. The van der Waals surface area contributed by atoms with E-state index in [1.165, 1.54) is 5.56 Å². The Hall–Kier alpha value is -1.68. The van der Waals surface area contributed by atoms with Crippen molar-refractivity contribution in [2.75, 3.05) is 0 Å². The minimum atomic E-state index is -0.291. The number of rotatable bonds is 1. The Balaban J connectivity index is 2.27. The molecule has 0 saturated carbocycles. The monoisotopic (exact) mass is 219 g/mol. The van der Waals surface area contributed by atoms with Crippen molar-refractivity contribution in [1.82, 2.24) is 5.32 Å². The molecule has 0 aliphatic carbocycles. The molecule has 3 nitrogen and oxygen atoms in total. The van der Waals surface area contributed by atoms with Crippen LogP contribution in [0, 0.1) is 6.92 Å². The summed E-state index contributed by atoms with van der Waals surface area (Å²) in [4.78, 5) is 11.3. The molecule has 0 aromatic heterocycles. The van der Waals surface area contributed by atoms with E-state index in [0.717, 1.165) is 5.56 Å². The lowest BCUT2D eigenvalue weighted by molar-refractivity contribution is -0.116. The predicted molar refractivity (Wildman–Crippen MR) is 61.0 cm³/mol. The Morgan fingerprint density at radius 1 is 1.33 bits per heavy atom. The zero-order valence-corrected chi connectivity index (χ0v) is 8.93. The Bertz CT molecular complexity index is 448. The van der Waals surface area contributed by atoms with Gasteiger partial charge in [-0.25, -0.2) is 0 Å². The van der Waals surface area contributed by atoms with Gasteiger partial charge in [0.1, 0.15) is 0 Å². The van der Waals surface area contributed by atoms with Crippen molar-refractivity contribution >= 4 is 29.4 Å². The fourth-order valence-electron chi connectivity index (χ4n) is 1.24. The van der Waals surface area contributed by atoms with Crippen molar-refractivity contribution in [2.24, 2.45) is 0 Å². The number of nitrogens with one attached hydrogen (secondary N) is 1. The summed E-state index contributed by atoms with van der Waals surface area (Å²) in [5.74, 6) is -0.0515. The maximum atomic E-state index is 11.3. The Kier molecular flexibility index (Phi) is 2.51. The standard InChI is InChI=1S/C11H9NO2S/c1-7-2-4-8(5-3-7)6-9-10(13)12-11(15)14-9/h2-6H,1H3,(H,12,13,15)/b9-6+. The lowest BCUT2D eigenvalue weighted by Crippen LogP contribution is -2.18. The minimum absolute atomic E-state index is 0.110. The van der Waals surface area contributed by atoms with Gasteiger partial charge in [-0.2, -0.15) is 0 Å².